The fraction of sp³-hybridized carbons (Fsp3) is 0.312. The summed E-state index contributed by atoms with van der Waals surface area (Å²) in [6, 6.07) is 8.85. The molecule has 22 heavy (non-hydrogen) atoms. The maximum absolute atomic E-state index is 12.1. The van der Waals surface area contributed by atoms with Crippen LogP contribution in [0.1, 0.15) is 22.9 Å². The first kappa shape index (κ1) is 16.3. The molecular formula is C16H20N2O3S. The van der Waals surface area contributed by atoms with E-state index in [1.165, 1.54) is 0 Å². The lowest BCUT2D eigenvalue weighted by Gasteiger charge is -2.17. The third-order valence-electron chi connectivity index (χ3n) is 3.26. The lowest BCUT2D eigenvalue weighted by molar-refractivity contribution is 0.239. The Morgan fingerprint density at radius 2 is 2.23 bits per heavy atom. The van der Waals surface area contributed by atoms with Crippen LogP contribution in [0.2, 0.25) is 0 Å². The molecule has 0 spiro atoms. The van der Waals surface area contributed by atoms with Crippen molar-refractivity contribution < 1.29 is 14.6 Å². The number of methoxy groups -OCH3 is 1. The molecule has 1 aromatic heterocycles. The predicted molar refractivity (Wildman–Crippen MR) is 88.6 cm³/mol. The molecule has 0 aliphatic rings. The number of ether oxygens (including phenoxy) is 1. The summed E-state index contributed by atoms with van der Waals surface area (Å²) in [7, 11) is 1.61. The van der Waals surface area contributed by atoms with Crippen molar-refractivity contribution in [1.29, 1.82) is 0 Å². The van der Waals surface area contributed by atoms with Gasteiger partial charge in [-0.05, 0) is 48.6 Å². The number of hydrogen-bond donors (Lipinski definition) is 3. The zero-order valence-corrected chi connectivity index (χ0v) is 13.4. The van der Waals surface area contributed by atoms with E-state index in [2.05, 4.69) is 10.6 Å². The number of carbonyl (C=O) groups is 1. The first-order valence-electron chi connectivity index (χ1n) is 7.00. The van der Waals surface area contributed by atoms with E-state index in [-0.39, 0.29) is 18.7 Å². The van der Waals surface area contributed by atoms with Crippen LogP contribution in [0.15, 0.2) is 35.7 Å². The van der Waals surface area contributed by atoms with Crippen LogP contribution >= 0.6 is 11.3 Å². The Bertz CT molecular complexity index is 614. The predicted octanol–water partition coefficient (Wildman–Crippen LogP) is 3.31. The Morgan fingerprint density at radius 1 is 1.41 bits per heavy atom. The van der Waals surface area contributed by atoms with E-state index in [0.29, 0.717) is 12.1 Å². The van der Waals surface area contributed by atoms with Gasteiger partial charge in [0.05, 0.1) is 13.2 Å². The molecule has 2 rings (SSSR count). The molecule has 0 bridgehead atoms. The molecule has 0 fully saturated rings. The molecule has 5 nitrogen and oxygen atoms in total. The largest absolute Gasteiger partial charge is 0.496 e. The molecule has 0 aliphatic carbocycles. The Balaban J connectivity index is 2.00. The normalized spacial score (nSPS) is 11.8. The average molecular weight is 320 g/mol. The molecule has 0 saturated heterocycles. The maximum atomic E-state index is 12.1. The minimum absolute atomic E-state index is 0.0183. The van der Waals surface area contributed by atoms with Crippen LogP contribution in [0.3, 0.4) is 0 Å². The SMILES string of the molecule is COc1ccc(NC(=O)NC(CCO)c2cccs2)cc1C. The number of carbonyl (C=O) groups excluding carboxylic acids is 1. The van der Waals surface area contributed by atoms with Crippen LogP contribution in [0, 0.1) is 6.92 Å². The molecule has 0 aliphatic heterocycles. The first-order chi connectivity index (χ1) is 10.6. The van der Waals surface area contributed by atoms with Gasteiger partial charge in [0.2, 0.25) is 0 Å². The van der Waals surface area contributed by atoms with Crippen LogP contribution in [0.5, 0.6) is 5.75 Å². The van der Waals surface area contributed by atoms with Crippen molar-refractivity contribution in [3.05, 3.63) is 46.2 Å². The molecule has 3 N–H and O–H groups in total. The number of anilines is 1. The monoisotopic (exact) mass is 320 g/mol. The van der Waals surface area contributed by atoms with Crippen molar-refractivity contribution in [2.75, 3.05) is 19.0 Å². The molecule has 1 heterocycles. The molecule has 118 valence electrons. The van der Waals surface area contributed by atoms with Crippen LogP contribution in [-0.4, -0.2) is 24.9 Å². The Hall–Kier alpha value is -2.05. The van der Waals surface area contributed by atoms with Gasteiger partial charge in [-0.3, -0.25) is 0 Å². The van der Waals surface area contributed by atoms with E-state index in [1.54, 1.807) is 24.5 Å². The van der Waals surface area contributed by atoms with Crippen molar-refractivity contribution in [3.8, 4) is 5.75 Å². The van der Waals surface area contributed by atoms with Gasteiger partial charge in [-0.25, -0.2) is 4.79 Å². The summed E-state index contributed by atoms with van der Waals surface area (Å²) in [5.41, 5.74) is 1.65. The van der Waals surface area contributed by atoms with Gasteiger partial charge < -0.3 is 20.5 Å². The number of hydrogen-bond acceptors (Lipinski definition) is 4. The number of aryl methyl sites for hydroxylation is 1. The van der Waals surface area contributed by atoms with E-state index in [1.807, 2.05) is 36.6 Å². The lowest BCUT2D eigenvalue weighted by atomic mass is 10.2. The fourth-order valence-electron chi connectivity index (χ4n) is 2.19. The van der Waals surface area contributed by atoms with Gasteiger partial charge in [-0.2, -0.15) is 0 Å². The minimum Gasteiger partial charge on any atom is -0.496 e. The number of rotatable bonds is 6. The van der Waals surface area contributed by atoms with Gasteiger partial charge >= 0.3 is 6.03 Å². The lowest BCUT2D eigenvalue weighted by Crippen LogP contribution is -2.32. The van der Waals surface area contributed by atoms with Crippen molar-refractivity contribution in [2.45, 2.75) is 19.4 Å². The second-order valence-electron chi connectivity index (χ2n) is 4.86. The van der Waals surface area contributed by atoms with E-state index in [4.69, 9.17) is 9.84 Å². The van der Waals surface area contributed by atoms with Gasteiger partial charge in [-0.15, -0.1) is 11.3 Å². The zero-order valence-electron chi connectivity index (χ0n) is 12.6. The summed E-state index contributed by atoms with van der Waals surface area (Å²) in [4.78, 5) is 13.2. The molecule has 6 heteroatoms. The van der Waals surface area contributed by atoms with Gasteiger partial charge in [0.15, 0.2) is 0 Å². The van der Waals surface area contributed by atoms with Gasteiger partial charge in [-0.1, -0.05) is 6.07 Å². The van der Waals surface area contributed by atoms with E-state index < -0.39 is 0 Å². The molecule has 1 atom stereocenters. The van der Waals surface area contributed by atoms with Crippen molar-refractivity contribution >= 4 is 23.1 Å². The van der Waals surface area contributed by atoms with Crippen molar-refractivity contribution in [1.82, 2.24) is 5.32 Å². The maximum Gasteiger partial charge on any atom is 0.319 e. The smallest absolute Gasteiger partial charge is 0.319 e. The standard InChI is InChI=1S/C16H20N2O3S/c1-11-10-12(5-6-14(11)21-2)17-16(20)18-13(7-8-19)15-4-3-9-22-15/h3-6,9-10,13,19H,7-8H2,1-2H3,(H2,17,18,20). The molecule has 2 aromatic rings. The van der Waals surface area contributed by atoms with Gasteiger partial charge in [0.25, 0.3) is 0 Å². The summed E-state index contributed by atoms with van der Waals surface area (Å²) in [6.45, 7) is 1.94. The Kier molecular flexibility index (Phi) is 5.80. The van der Waals surface area contributed by atoms with E-state index in [0.717, 1.165) is 16.2 Å². The number of aliphatic hydroxyl groups excluding tert-OH is 1. The summed E-state index contributed by atoms with van der Waals surface area (Å²) < 4.78 is 5.20. The highest BCUT2D eigenvalue weighted by Gasteiger charge is 2.15. The number of aliphatic hydroxyl groups is 1. The Labute approximate surface area is 133 Å². The molecule has 0 saturated carbocycles. The summed E-state index contributed by atoms with van der Waals surface area (Å²) in [6.07, 6.45) is 0.482. The average Bonchev–Trinajstić information content (AvgIpc) is 3.01. The van der Waals surface area contributed by atoms with Crippen LogP contribution in [0.25, 0.3) is 0 Å². The second-order valence-corrected chi connectivity index (χ2v) is 5.84. The molecule has 1 aromatic carbocycles. The quantitative estimate of drug-likeness (QED) is 0.765. The minimum atomic E-state index is -0.295. The number of benzene rings is 1. The van der Waals surface area contributed by atoms with Crippen LogP contribution < -0.4 is 15.4 Å². The van der Waals surface area contributed by atoms with Crippen molar-refractivity contribution in [3.63, 3.8) is 0 Å². The molecule has 0 radical (unpaired) electrons. The van der Waals surface area contributed by atoms with E-state index in [9.17, 15) is 4.79 Å². The van der Waals surface area contributed by atoms with Gasteiger partial charge in [0, 0.05) is 17.2 Å². The van der Waals surface area contributed by atoms with Crippen LogP contribution in [-0.2, 0) is 0 Å². The molecule has 1 unspecified atom stereocenters. The van der Waals surface area contributed by atoms with E-state index >= 15 is 0 Å². The van der Waals surface area contributed by atoms with Crippen molar-refractivity contribution in [2.24, 2.45) is 0 Å². The number of amides is 2. The third kappa shape index (κ3) is 4.22. The first-order valence-corrected chi connectivity index (χ1v) is 7.88. The summed E-state index contributed by atoms with van der Waals surface area (Å²) in [5, 5.41) is 16.8. The highest BCUT2D eigenvalue weighted by atomic mass is 32.1. The highest BCUT2D eigenvalue weighted by molar-refractivity contribution is 7.10. The number of thiophene rings is 1. The van der Waals surface area contributed by atoms with Crippen LogP contribution in [0.4, 0.5) is 10.5 Å². The fourth-order valence-corrected chi connectivity index (χ4v) is 3.00. The molecular weight excluding hydrogens is 300 g/mol. The third-order valence-corrected chi connectivity index (χ3v) is 4.25. The topological polar surface area (TPSA) is 70.6 Å². The Morgan fingerprint density at radius 3 is 2.82 bits per heavy atom. The zero-order chi connectivity index (χ0) is 15.9. The molecule has 2 amide bonds. The second kappa shape index (κ2) is 7.82. The summed E-state index contributed by atoms with van der Waals surface area (Å²) >= 11 is 1.56. The van der Waals surface area contributed by atoms with Gasteiger partial charge in [0.1, 0.15) is 5.75 Å². The highest BCUT2D eigenvalue weighted by Crippen LogP contribution is 2.23. The summed E-state index contributed by atoms with van der Waals surface area (Å²) in [5.74, 6) is 0.780. The number of urea groups is 1. The number of nitrogens with one attached hydrogen (secondary N) is 2.